The van der Waals surface area contributed by atoms with Crippen LogP contribution in [-0.4, -0.2) is 12.7 Å². The Morgan fingerprint density at radius 1 is 1.60 bits per heavy atom. The van der Waals surface area contributed by atoms with E-state index in [1.165, 1.54) is 17.7 Å². The quantitative estimate of drug-likeness (QED) is 0.925. The summed E-state index contributed by atoms with van der Waals surface area (Å²) >= 11 is 5.24. The van der Waals surface area contributed by atoms with Crippen molar-refractivity contribution in [3.63, 3.8) is 0 Å². The summed E-state index contributed by atoms with van der Waals surface area (Å²) in [6, 6.07) is 2.17. The minimum atomic E-state index is 0.113. The van der Waals surface area contributed by atoms with Crippen molar-refractivity contribution in [2.45, 2.75) is 37.8 Å². The first kappa shape index (κ1) is 11.6. The Morgan fingerprint density at radius 2 is 2.47 bits per heavy atom. The molecule has 4 heteroatoms. The average molecular weight is 290 g/mol. The maximum atomic E-state index is 6.17. The Hall–Kier alpha value is 0.100. The van der Waals surface area contributed by atoms with Crippen LogP contribution in [-0.2, 0) is 4.74 Å². The second-order valence-corrected chi connectivity index (χ2v) is 5.77. The van der Waals surface area contributed by atoms with Crippen LogP contribution < -0.4 is 5.73 Å². The summed E-state index contributed by atoms with van der Waals surface area (Å²) < 4.78 is 6.83. The summed E-state index contributed by atoms with van der Waals surface area (Å²) in [4.78, 5) is 1.24. The zero-order valence-electron chi connectivity index (χ0n) is 8.62. The van der Waals surface area contributed by atoms with Crippen LogP contribution in [0.1, 0.15) is 36.6 Å². The van der Waals surface area contributed by atoms with E-state index in [1.807, 2.05) is 0 Å². The molecule has 15 heavy (non-hydrogen) atoms. The number of nitrogens with two attached hydrogens (primary N) is 1. The van der Waals surface area contributed by atoms with Gasteiger partial charge in [-0.3, -0.25) is 0 Å². The Morgan fingerprint density at radius 3 is 3.07 bits per heavy atom. The molecule has 2 heterocycles. The van der Waals surface area contributed by atoms with Gasteiger partial charge in [0.2, 0.25) is 0 Å². The fraction of sp³-hybridized carbons (Fsp3) is 0.636. The highest BCUT2D eigenvalue weighted by molar-refractivity contribution is 9.10. The summed E-state index contributed by atoms with van der Waals surface area (Å²) in [6.07, 6.45) is 4.95. The Labute approximate surface area is 103 Å². The minimum absolute atomic E-state index is 0.113. The van der Waals surface area contributed by atoms with Crippen LogP contribution in [0.4, 0.5) is 0 Å². The normalized spacial score (nSPS) is 24.0. The number of rotatable bonds is 3. The lowest BCUT2D eigenvalue weighted by atomic mass is 10.0. The summed E-state index contributed by atoms with van der Waals surface area (Å²) in [5.41, 5.74) is 6.17. The molecular formula is C11H16BrNOS. The molecule has 0 aliphatic carbocycles. The molecule has 1 aliphatic heterocycles. The topological polar surface area (TPSA) is 35.2 Å². The summed E-state index contributed by atoms with van der Waals surface area (Å²) in [5, 5.41) is 2.07. The second kappa shape index (κ2) is 5.43. The van der Waals surface area contributed by atoms with Crippen LogP contribution in [0.3, 0.4) is 0 Å². The predicted molar refractivity (Wildman–Crippen MR) is 67.2 cm³/mol. The van der Waals surface area contributed by atoms with E-state index < -0.39 is 0 Å². The monoisotopic (exact) mass is 289 g/mol. The molecule has 0 radical (unpaired) electrons. The van der Waals surface area contributed by atoms with Crippen molar-refractivity contribution in [3.05, 3.63) is 20.8 Å². The number of hydrogen-bond donors (Lipinski definition) is 1. The molecule has 2 rings (SSSR count). The van der Waals surface area contributed by atoms with Gasteiger partial charge in [0, 0.05) is 22.0 Å². The molecule has 0 saturated carbocycles. The van der Waals surface area contributed by atoms with Crippen LogP contribution in [0.5, 0.6) is 0 Å². The van der Waals surface area contributed by atoms with E-state index in [9.17, 15) is 0 Å². The van der Waals surface area contributed by atoms with Gasteiger partial charge in [-0.25, -0.2) is 0 Å². The molecule has 0 amide bonds. The molecule has 2 unspecified atom stereocenters. The highest BCUT2D eigenvalue weighted by Crippen LogP contribution is 2.31. The van der Waals surface area contributed by atoms with Crippen LogP contribution in [0.25, 0.3) is 0 Å². The van der Waals surface area contributed by atoms with Crippen molar-refractivity contribution in [2.24, 2.45) is 5.73 Å². The fourth-order valence-corrected chi connectivity index (χ4v) is 3.64. The lowest BCUT2D eigenvalue weighted by Gasteiger charge is -2.25. The molecule has 84 valence electrons. The fourth-order valence-electron chi connectivity index (χ4n) is 1.95. The van der Waals surface area contributed by atoms with Gasteiger partial charge in [-0.15, -0.1) is 11.3 Å². The maximum absolute atomic E-state index is 6.17. The first-order valence-corrected chi connectivity index (χ1v) is 7.04. The van der Waals surface area contributed by atoms with E-state index in [2.05, 4.69) is 27.4 Å². The maximum Gasteiger partial charge on any atom is 0.0593 e. The molecule has 0 aromatic carbocycles. The van der Waals surface area contributed by atoms with Crippen LogP contribution in [0.15, 0.2) is 15.9 Å². The Bertz CT molecular complexity index is 309. The van der Waals surface area contributed by atoms with Gasteiger partial charge in [-0.05, 0) is 53.1 Å². The number of thiophene rings is 1. The van der Waals surface area contributed by atoms with Gasteiger partial charge >= 0.3 is 0 Å². The molecule has 2 nitrogen and oxygen atoms in total. The molecule has 0 spiro atoms. The van der Waals surface area contributed by atoms with E-state index in [0.717, 1.165) is 23.9 Å². The first-order chi connectivity index (χ1) is 7.27. The lowest BCUT2D eigenvalue weighted by molar-refractivity contribution is 0.00744. The number of hydrogen-bond acceptors (Lipinski definition) is 3. The van der Waals surface area contributed by atoms with Crippen molar-refractivity contribution in [2.75, 3.05) is 6.61 Å². The van der Waals surface area contributed by atoms with Crippen LogP contribution >= 0.6 is 27.3 Å². The molecule has 1 aromatic heterocycles. The van der Waals surface area contributed by atoms with E-state index in [4.69, 9.17) is 10.5 Å². The van der Waals surface area contributed by atoms with Crippen molar-refractivity contribution in [1.82, 2.24) is 0 Å². The number of halogens is 1. The lowest BCUT2D eigenvalue weighted by Crippen LogP contribution is -2.24. The third-order valence-corrected chi connectivity index (χ3v) is 4.78. The summed E-state index contributed by atoms with van der Waals surface area (Å²) in [6.45, 7) is 0.906. The third kappa shape index (κ3) is 3.03. The van der Waals surface area contributed by atoms with Crippen molar-refractivity contribution in [3.8, 4) is 0 Å². The Balaban J connectivity index is 1.91. The third-order valence-electron chi connectivity index (χ3n) is 2.77. The second-order valence-electron chi connectivity index (χ2n) is 3.96. The molecule has 2 atom stereocenters. The van der Waals surface area contributed by atoms with Gasteiger partial charge in [0.25, 0.3) is 0 Å². The predicted octanol–water partition coefficient (Wildman–Crippen LogP) is 3.47. The van der Waals surface area contributed by atoms with Gasteiger partial charge in [-0.1, -0.05) is 0 Å². The average Bonchev–Trinajstić information content (AvgIpc) is 2.66. The molecule has 1 fully saturated rings. The van der Waals surface area contributed by atoms with E-state index >= 15 is 0 Å². The molecular weight excluding hydrogens is 274 g/mol. The van der Waals surface area contributed by atoms with Crippen LogP contribution in [0.2, 0.25) is 0 Å². The standard InChI is InChI=1S/C11H16BrNOS/c12-9-4-6-15-11(9)10(13)7-8-3-1-2-5-14-8/h4,6,8,10H,1-3,5,7,13H2. The van der Waals surface area contributed by atoms with Gasteiger partial charge in [0.15, 0.2) is 0 Å². The molecule has 1 saturated heterocycles. The van der Waals surface area contributed by atoms with E-state index in [0.29, 0.717) is 6.10 Å². The summed E-state index contributed by atoms with van der Waals surface area (Å²) in [5.74, 6) is 0. The molecule has 0 bridgehead atoms. The smallest absolute Gasteiger partial charge is 0.0593 e. The molecule has 1 aromatic rings. The van der Waals surface area contributed by atoms with Gasteiger partial charge in [0.05, 0.1) is 6.10 Å². The van der Waals surface area contributed by atoms with Crippen molar-refractivity contribution >= 4 is 27.3 Å². The van der Waals surface area contributed by atoms with Crippen molar-refractivity contribution in [1.29, 1.82) is 0 Å². The van der Waals surface area contributed by atoms with Crippen LogP contribution in [0, 0.1) is 0 Å². The zero-order chi connectivity index (χ0) is 10.7. The van der Waals surface area contributed by atoms with Crippen molar-refractivity contribution < 1.29 is 4.74 Å². The molecule has 1 aliphatic rings. The molecule has 2 N–H and O–H groups in total. The largest absolute Gasteiger partial charge is 0.378 e. The van der Waals surface area contributed by atoms with Gasteiger partial charge < -0.3 is 10.5 Å². The van der Waals surface area contributed by atoms with Gasteiger partial charge in [0.1, 0.15) is 0 Å². The van der Waals surface area contributed by atoms with E-state index in [-0.39, 0.29) is 6.04 Å². The SMILES string of the molecule is NC(CC1CCCCO1)c1sccc1Br. The van der Waals surface area contributed by atoms with E-state index in [1.54, 1.807) is 11.3 Å². The highest BCUT2D eigenvalue weighted by Gasteiger charge is 2.20. The number of ether oxygens (including phenoxy) is 1. The summed E-state index contributed by atoms with van der Waals surface area (Å²) in [7, 11) is 0. The Kier molecular flexibility index (Phi) is 4.20. The minimum Gasteiger partial charge on any atom is -0.378 e. The van der Waals surface area contributed by atoms with Gasteiger partial charge in [-0.2, -0.15) is 0 Å². The zero-order valence-corrected chi connectivity index (χ0v) is 11.0. The first-order valence-electron chi connectivity index (χ1n) is 5.37. The highest BCUT2D eigenvalue weighted by atomic mass is 79.9.